The number of rotatable bonds is 1. The van der Waals surface area contributed by atoms with Crippen molar-refractivity contribution in [3.8, 4) is 0 Å². The van der Waals surface area contributed by atoms with Crippen LogP contribution in [0.1, 0.15) is 16.8 Å². The molecule has 0 N–H and O–H groups in total. The third-order valence-electron chi connectivity index (χ3n) is 4.08. The lowest BCUT2D eigenvalue weighted by Gasteiger charge is -2.30. The monoisotopic (exact) mass is 282 g/mol. The van der Waals surface area contributed by atoms with Crippen molar-refractivity contribution in [3.05, 3.63) is 77.3 Å². The summed E-state index contributed by atoms with van der Waals surface area (Å²) in [5.41, 5.74) is 4.07. The summed E-state index contributed by atoms with van der Waals surface area (Å²) in [6, 6.07) is 11.4. The van der Waals surface area contributed by atoms with Crippen molar-refractivity contribution >= 4 is 18.8 Å². The van der Waals surface area contributed by atoms with E-state index in [9.17, 15) is 8.63 Å². The zero-order chi connectivity index (χ0) is 14.6. The van der Waals surface area contributed by atoms with Crippen molar-refractivity contribution in [1.82, 2.24) is 4.48 Å². The summed E-state index contributed by atoms with van der Waals surface area (Å²) >= 11 is 0. The molecule has 2 aromatic rings. The van der Waals surface area contributed by atoms with E-state index < -0.39 is 6.97 Å². The molecule has 21 heavy (non-hydrogen) atoms. The zero-order valence-electron chi connectivity index (χ0n) is 11.5. The quantitative estimate of drug-likeness (QED) is 0.708. The van der Waals surface area contributed by atoms with Gasteiger partial charge in [0.2, 0.25) is 0 Å². The summed E-state index contributed by atoms with van der Waals surface area (Å²) in [6.45, 7) is -1.80. The second kappa shape index (κ2) is 4.04. The second-order valence-corrected chi connectivity index (χ2v) is 5.43. The molecule has 5 heteroatoms. The molecule has 0 radical (unpaired) electrons. The standard InChI is InChI=1S/C16H13BF2N2/c1-12-6-8-13(9-7-12)16-14-4-2-10-20(14)17(18,19)21-11-3-5-15(16)21/h2-11H,1H3. The van der Waals surface area contributed by atoms with E-state index in [-0.39, 0.29) is 0 Å². The first kappa shape index (κ1) is 12.3. The predicted molar refractivity (Wildman–Crippen MR) is 80.5 cm³/mol. The highest BCUT2D eigenvalue weighted by Crippen LogP contribution is 2.38. The summed E-state index contributed by atoms with van der Waals surface area (Å²) in [4.78, 5) is 0. The van der Waals surface area contributed by atoms with Crippen LogP contribution in [0.3, 0.4) is 0 Å². The van der Waals surface area contributed by atoms with Gasteiger partial charge in [0, 0.05) is 17.8 Å². The highest BCUT2D eigenvalue weighted by molar-refractivity contribution is 6.57. The minimum atomic E-state index is -3.81. The minimum Gasteiger partial charge on any atom is -0.396 e. The average molecular weight is 282 g/mol. The maximum atomic E-state index is 14.6. The molecule has 2 aliphatic rings. The Morgan fingerprint density at radius 1 is 1.10 bits per heavy atom. The van der Waals surface area contributed by atoms with E-state index in [1.165, 1.54) is 12.4 Å². The number of aromatic nitrogens is 1. The smallest absolute Gasteiger partial charge is 0.396 e. The molecule has 2 aliphatic heterocycles. The Balaban J connectivity index is 2.04. The SMILES string of the molecule is Cc1ccc(C2=C3C=CC=[N+]3[B-](F)(F)n3cccc32)cc1. The first-order valence-electron chi connectivity index (χ1n) is 6.90. The van der Waals surface area contributed by atoms with E-state index in [4.69, 9.17) is 0 Å². The van der Waals surface area contributed by atoms with Gasteiger partial charge in [-0.05, 0) is 30.8 Å². The number of hydrogen-bond donors (Lipinski definition) is 0. The number of halogens is 2. The molecule has 1 aromatic heterocycles. The molecule has 0 bridgehead atoms. The van der Waals surface area contributed by atoms with E-state index >= 15 is 0 Å². The second-order valence-electron chi connectivity index (χ2n) is 5.43. The van der Waals surface area contributed by atoms with Gasteiger partial charge in [0.25, 0.3) is 0 Å². The average Bonchev–Trinajstić information content (AvgIpc) is 3.10. The van der Waals surface area contributed by atoms with E-state index in [2.05, 4.69) is 0 Å². The van der Waals surface area contributed by atoms with Crippen LogP contribution in [0.5, 0.6) is 0 Å². The summed E-state index contributed by atoms with van der Waals surface area (Å²) < 4.78 is 31.3. The van der Waals surface area contributed by atoms with Crippen LogP contribution < -0.4 is 0 Å². The Morgan fingerprint density at radius 2 is 1.86 bits per heavy atom. The van der Waals surface area contributed by atoms with Crippen molar-refractivity contribution < 1.29 is 13.1 Å². The van der Waals surface area contributed by atoms with E-state index in [1.807, 2.05) is 31.2 Å². The minimum absolute atomic E-state index is 0.565. The van der Waals surface area contributed by atoms with Gasteiger partial charge in [-0.3, -0.25) is 0 Å². The van der Waals surface area contributed by atoms with Crippen LogP contribution in [-0.2, 0) is 0 Å². The third-order valence-corrected chi connectivity index (χ3v) is 4.08. The molecule has 0 unspecified atom stereocenters. The molecular weight excluding hydrogens is 269 g/mol. The van der Waals surface area contributed by atoms with Gasteiger partial charge in [-0.25, -0.2) is 0 Å². The van der Waals surface area contributed by atoms with Gasteiger partial charge in [-0.2, -0.15) is 0 Å². The molecule has 0 fully saturated rings. The lowest BCUT2D eigenvalue weighted by Crippen LogP contribution is -2.49. The third kappa shape index (κ3) is 1.60. The van der Waals surface area contributed by atoms with E-state index in [0.29, 0.717) is 11.4 Å². The first-order chi connectivity index (χ1) is 10.1. The van der Waals surface area contributed by atoms with Crippen LogP contribution in [0, 0.1) is 6.92 Å². The summed E-state index contributed by atoms with van der Waals surface area (Å²) in [6.07, 6.45) is 6.33. The maximum Gasteiger partial charge on any atom is 0.737 e. The Morgan fingerprint density at radius 3 is 2.62 bits per heavy atom. The maximum absolute atomic E-state index is 14.6. The molecule has 0 spiro atoms. The number of allylic oxidation sites excluding steroid dienone is 2. The Hall–Kier alpha value is -2.43. The molecule has 104 valence electrons. The van der Waals surface area contributed by atoms with Crippen LogP contribution in [0.25, 0.3) is 5.57 Å². The lowest BCUT2D eigenvalue weighted by molar-refractivity contribution is -0.356. The van der Waals surface area contributed by atoms with Crippen molar-refractivity contribution in [3.63, 3.8) is 0 Å². The highest BCUT2D eigenvalue weighted by Gasteiger charge is 2.51. The van der Waals surface area contributed by atoms with Crippen molar-refractivity contribution in [2.45, 2.75) is 6.92 Å². The first-order valence-corrected chi connectivity index (χ1v) is 6.90. The number of hydrogen-bond acceptors (Lipinski definition) is 0. The fraction of sp³-hybridized carbons (Fsp3) is 0.0625. The highest BCUT2D eigenvalue weighted by atomic mass is 19.2. The van der Waals surface area contributed by atoms with Gasteiger partial charge in [-0.1, -0.05) is 29.8 Å². The fourth-order valence-electron chi connectivity index (χ4n) is 3.03. The van der Waals surface area contributed by atoms with Gasteiger partial charge >= 0.3 is 6.97 Å². The molecule has 2 nitrogen and oxygen atoms in total. The molecular formula is C16H13BF2N2. The van der Waals surface area contributed by atoms with Gasteiger partial charge in [0.15, 0.2) is 5.70 Å². The van der Waals surface area contributed by atoms with Crippen molar-refractivity contribution in [2.24, 2.45) is 0 Å². The summed E-state index contributed by atoms with van der Waals surface area (Å²) in [7, 11) is 0. The Labute approximate surface area is 121 Å². The lowest BCUT2D eigenvalue weighted by atomic mass is 9.86. The molecule has 3 heterocycles. The normalized spacial score (nSPS) is 18.5. The Bertz CT molecular complexity index is 826. The molecule has 0 aliphatic carbocycles. The van der Waals surface area contributed by atoms with Crippen LogP contribution in [0.2, 0.25) is 0 Å². The molecule has 0 amide bonds. The van der Waals surface area contributed by atoms with Gasteiger partial charge < -0.3 is 17.6 Å². The van der Waals surface area contributed by atoms with E-state index in [1.54, 1.807) is 24.3 Å². The van der Waals surface area contributed by atoms with Gasteiger partial charge in [0.1, 0.15) is 6.21 Å². The predicted octanol–water partition coefficient (Wildman–Crippen LogP) is 3.45. The zero-order valence-corrected chi connectivity index (χ0v) is 11.5. The number of benzene rings is 1. The number of aryl methyl sites for hydroxylation is 1. The summed E-state index contributed by atoms with van der Waals surface area (Å²) in [5, 5.41) is 0. The molecule has 0 saturated heterocycles. The fourth-order valence-corrected chi connectivity index (χ4v) is 3.03. The van der Waals surface area contributed by atoms with Crippen molar-refractivity contribution in [1.29, 1.82) is 0 Å². The number of fused-ring (bicyclic) bond motifs is 2. The molecule has 0 saturated carbocycles. The molecule has 0 atom stereocenters. The van der Waals surface area contributed by atoms with Crippen molar-refractivity contribution in [2.75, 3.05) is 0 Å². The van der Waals surface area contributed by atoms with Crippen LogP contribution in [-0.4, -0.2) is 22.1 Å². The molecule has 1 aromatic carbocycles. The summed E-state index contributed by atoms with van der Waals surface area (Å²) in [5.74, 6) is 0. The van der Waals surface area contributed by atoms with Gasteiger partial charge in [0.05, 0.1) is 5.57 Å². The van der Waals surface area contributed by atoms with Gasteiger partial charge in [-0.15, -0.1) is 0 Å². The van der Waals surface area contributed by atoms with E-state index in [0.717, 1.165) is 25.7 Å². The largest absolute Gasteiger partial charge is 0.737 e. The number of nitrogens with zero attached hydrogens (tertiary/aromatic N) is 2. The van der Waals surface area contributed by atoms with Crippen LogP contribution >= 0.6 is 0 Å². The molecule has 4 rings (SSSR count). The van der Waals surface area contributed by atoms with Crippen LogP contribution in [0.15, 0.2) is 60.4 Å². The van der Waals surface area contributed by atoms with Crippen LogP contribution in [0.4, 0.5) is 8.63 Å². The Kier molecular flexibility index (Phi) is 2.37. The topological polar surface area (TPSA) is 7.94 Å².